The van der Waals surface area contributed by atoms with E-state index in [1.54, 1.807) is 27.7 Å². The van der Waals surface area contributed by atoms with Crippen LogP contribution in [0.4, 0.5) is 0 Å². The van der Waals surface area contributed by atoms with Crippen molar-refractivity contribution in [1.29, 1.82) is 0 Å². The van der Waals surface area contributed by atoms with Crippen molar-refractivity contribution in [2.45, 2.75) is 39.8 Å². The summed E-state index contributed by atoms with van der Waals surface area (Å²) in [7, 11) is -3.04. The van der Waals surface area contributed by atoms with E-state index in [2.05, 4.69) is 0 Å². The lowest BCUT2D eigenvalue weighted by molar-refractivity contribution is -0.328. The summed E-state index contributed by atoms with van der Waals surface area (Å²) < 4.78 is 28.7. The zero-order chi connectivity index (χ0) is 14.2. The minimum Gasteiger partial charge on any atom is -0.391 e. The Morgan fingerprint density at radius 3 is 2.11 bits per heavy atom. The predicted molar refractivity (Wildman–Crippen MR) is 72.5 cm³/mol. The van der Waals surface area contributed by atoms with Crippen LogP contribution < -0.4 is 0 Å². The molecule has 7 heteroatoms. The van der Waals surface area contributed by atoms with Gasteiger partial charge in [-0.2, -0.15) is 0 Å². The van der Waals surface area contributed by atoms with Crippen LogP contribution in [0.5, 0.6) is 0 Å². The number of hydrogen-bond donors (Lipinski definition) is 1. The number of hydrogen-bond acceptors (Lipinski definition) is 5. The molecule has 0 saturated heterocycles. The summed E-state index contributed by atoms with van der Waals surface area (Å²) in [5.74, 6) is -1.32. The van der Waals surface area contributed by atoms with E-state index in [9.17, 15) is 9.67 Å². The fraction of sp³-hybridized carbons (Fsp3) is 1.00. The Morgan fingerprint density at radius 1 is 1.28 bits per heavy atom. The van der Waals surface area contributed by atoms with Gasteiger partial charge >= 0.3 is 0 Å². The highest BCUT2D eigenvalue weighted by Crippen LogP contribution is 2.51. The third-order valence-corrected chi connectivity index (χ3v) is 5.26. The molecule has 0 aromatic carbocycles. The van der Waals surface area contributed by atoms with Crippen LogP contribution in [0.1, 0.15) is 27.7 Å². The monoisotopic (exact) mass is 302 g/mol. The largest absolute Gasteiger partial charge is 0.391 e. The molecule has 0 amide bonds. The van der Waals surface area contributed by atoms with Gasteiger partial charge in [-0.3, -0.25) is 9.09 Å². The smallest absolute Gasteiger partial charge is 0.285 e. The average Bonchev–Trinajstić information content (AvgIpc) is 2.28. The first-order valence-electron chi connectivity index (χ1n) is 6.15. The molecule has 0 saturated carbocycles. The number of ether oxygens (including phenoxy) is 2. The zero-order valence-corrected chi connectivity index (χ0v) is 13.2. The van der Waals surface area contributed by atoms with Crippen LogP contribution in [0.25, 0.3) is 0 Å². The SMILES string of the molecule is CCOC(C)(OCC)OP(=O)(CC)C[C@@H](O)CCl. The van der Waals surface area contributed by atoms with Gasteiger partial charge in [0.1, 0.15) is 0 Å². The van der Waals surface area contributed by atoms with Crippen molar-refractivity contribution in [3.8, 4) is 0 Å². The van der Waals surface area contributed by atoms with Crippen molar-refractivity contribution in [3.63, 3.8) is 0 Å². The number of alkyl halides is 1. The second-order valence-electron chi connectivity index (χ2n) is 3.94. The molecule has 18 heavy (non-hydrogen) atoms. The van der Waals surface area contributed by atoms with Crippen LogP contribution in [-0.4, -0.2) is 48.6 Å². The highest BCUT2D eigenvalue weighted by Gasteiger charge is 2.37. The third-order valence-electron chi connectivity index (χ3n) is 2.29. The summed E-state index contributed by atoms with van der Waals surface area (Å²) in [5.41, 5.74) is 0. The second kappa shape index (κ2) is 8.51. The summed E-state index contributed by atoms with van der Waals surface area (Å²) >= 11 is 5.52. The topological polar surface area (TPSA) is 65.0 Å². The van der Waals surface area contributed by atoms with E-state index in [0.29, 0.717) is 13.2 Å². The van der Waals surface area contributed by atoms with Crippen LogP contribution in [0.3, 0.4) is 0 Å². The molecule has 0 bridgehead atoms. The molecule has 0 spiro atoms. The fourth-order valence-electron chi connectivity index (χ4n) is 1.52. The van der Waals surface area contributed by atoms with Crippen molar-refractivity contribution in [2.75, 3.05) is 31.4 Å². The Hall–Kier alpha value is 0.360. The van der Waals surface area contributed by atoms with E-state index < -0.39 is 19.4 Å². The summed E-state index contributed by atoms with van der Waals surface area (Å²) in [6.07, 6.45) is -0.565. The highest BCUT2D eigenvalue weighted by atomic mass is 35.5. The van der Waals surface area contributed by atoms with Gasteiger partial charge in [0, 0.05) is 32.2 Å². The van der Waals surface area contributed by atoms with E-state index in [0.717, 1.165) is 0 Å². The maximum Gasteiger partial charge on any atom is 0.285 e. The molecule has 0 radical (unpaired) electrons. The Kier molecular flexibility index (Phi) is 8.69. The summed E-state index contributed by atoms with van der Waals surface area (Å²) in [6.45, 7) is 7.65. The van der Waals surface area contributed by atoms with Crippen molar-refractivity contribution in [1.82, 2.24) is 0 Å². The lowest BCUT2D eigenvalue weighted by Crippen LogP contribution is -2.36. The molecule has 1 N–H and O–H groups in total. The fourth-order valence-corrected chi connectivity index (χ4v) is 3.73. The van der Waals surface area contributed by atoms with E-state index in [4.69, 9.17) is 25.6 Å². The van der Waals surface area contributed by atoms with Crippen LogP contribution in [-0.2, 0) is 18.6 Å². The van der Waals surface area contributed by atoms with E-state index in [-0.39, 0.29) is 18.2 Å². The van der Waals surface area contributed by atoms with Gasteiger partial charge in [0.05, 0.1) is 12.3 Å². The lowest BCUT2D eigenvalue weighted by atomic mass is 10.5. The van der Waals surface area contributed by atoms with Crippen molar-refractivity contribution in [3.05, 3.63) is 0 Å². The molecule has 0 aliphatic heterocycles. The Bertz CT molecular complexity index is 268. The first-order chi connectivity index (χ1) is 8.34. The predicted octanol–water partition coefficient (Wildman–Crippen LogP) is 2.65. The molecule has 110 valence electrons. The maximum absolute atomic E-state index is 12.5. The number of aliphatic hydroxyl groups excluding tert-OH is 1. The molecule has 5 nitrogen and oxygen atoms in total. The summed E-state index contributed by atoms with van der Waals surface area (Å²) in [6, 6.07) is 0. The van der Waals surface area contributed by atoms with Gasteiger partial charge in [0.15, 0.2) is 0 Å². The van der Waals surface area contributed by atoms with Gasteiger partial charge in [-0.25, -0.2) is 0 Å². The molecule has 0 aromatic rings. The van der Waals surface area contributed by atoms with Gasteiger partial charge in [-0.15, -0.1) is 11.6 Å². The second-order valence-corrected chi connectivity index (χ2v) is 7.06. The molecular weight excluding hydrogens is 279 g/mol. The standard InChI is InChI=1S/C11H24ClO5P/c1-5-15-11(4,16-6-2)17-18(14,7-3)9-10(13)8-12/h10,13H,5-9H2,1-4H3/t10-,18?/m0/s1. The van der Waals surface area contributed by atoms with Crippen molar-refractivity contribution >= 4 is 19.0 Å². The molecule has 1 unspecified atom stereocenters. The molecule has 0 aromatic heterocycles. The van der Waals surface area contributed by atoms with Crippen LogP contribution in [0, 0.1) is 0 Å². The molecule has 0 fully saturated rings. The van der Waals surface area contributed by atoms with Crippen molar-refractivity contribution in [2.24, 2.45) is 0 Å². The molecular formula is C11H24ClO5P. The first-order valence-corrected chi connectivity index (χ1v) is 8.68. The maximum atomic E-state index is 12.5. The lowest BCUT2D eigenvalue weighted by Gasteiger charge is -2.33. The summed E-state index contributed by atoms with van der Waals surface area (Å²) in [4.78, 5) is 0. The Balaban J connectivity index is 4.78. The van der Waals surface area contributed by atoms with Gasteiger partial charge in [0.25, 0.3) is 5.97 Å². The van der Waals surface area contributed by atoms with Crippen LogP contribution >= 0.6 is 19.0 Å². The van der Waals surface area contributed by atoms with Gasteiger partial charge in [-0.1, -0.05) is 6.92 Å². The minimum absolute atomic E-state index is 0.00272. The number of rotatable bonds is 10. The van der Waals surface area contributed by atoms with E-state index in [1.165, 1.54) is 0 Å². The Labute approximate surface area is 114 Å². The number of aliphatic hydroxyl groups is 1. The van der Waals surface area contributed by atoms with Gasteiger partial charge in [-0.05, 0) is 13.8 Å². The molecule has 0 rings (SSSR count). The average molecular weight is 303 g/mol. The molecule has 0 aliphatic carbocycles. The molecule has 2 atom stereocenters. The van der Waals surface area contributed by atoms with Crippen LogP contribution in [0.2, 0.25) is 0 Å². The third kappa shape index (κ3) is 6.50. The zero-order valence-electron chi connectivity index (χ0n) is 11.5. The molecule has 0 heterocycles. The number of halogens is 1. The first kappa shape index (κ1) is 18.4. The molecule has 0 aliphatic rings. The van der Waals surface area contributed by atoms with Crippen molar-refractivity contribution < 1.29 is 23.7 Å². The minimum atomic E-state index is -3.04. The van der Waals surface area contributed by atoms with Gasteiger partial charge < -0.3 is 14.6 Å². The quantitative estimate of drug-likeness (QED) is 0.382. The van der Waals surface area contributed by atoms with Gasteiger partial charge in [0.2, 0.25) is 7.37 Å². The van der Waals surface area contributed by atoms with Crippen LogP contribution in [0.15, 0.2) is 0 Å². The normalized spacial score (nSPS) is 17.4. The van der Waals surface area contributed by atoms with E-state index >= 15 is 0 Å². The Morgan fingerprint density at radius 2 is 1.78 bits per heavy atom. The van der Waals surface area contributed by atoms with E-state index in [1.807, 2.05) is 0 Å². The summed E-state index contributed by atoms with van der Waals surface area (Å²) in [5, 5.41) is 9.52. The highest BCUT2D eigenvalue weighted by molar-refractivity contribution is 7.59.